The van der Waals surface area contributed by atoms with Crippen molar-refractivity contribution in [1.29, 1.82) is 0 Å². The van der Waals surface area contributed by atoms with Crippen LogP contribution >= 0.6 is 11.7 Å². The van der Waals surface area contributed by atoms with Crippen LogP contribution in [0, 0.1) is 0 Å². The molecule has 0 radical (unpaired) electrons. The van der Waals surface area contributed by atoms with Gasteiger partial charge in [-0.2, -0.15) is 8.75 Å². The topological polar surface area (TPSA) is 122 Å². The first kappa shape index (κ1) is 29.3. The van der Waals surface area contributed by atoms with Crippen molar-refractivity contribution in [2.45, 2.75) is 33.2 Å². The molecule has 0 fully saturated rings. The molecule has 0 bridgehead atoms. The summed E-state index contributed by atoms with van der Waals surface area (Å²) in [6.07, 6.45) is 1.31. The zero-order chi connectivity index (χ0) is 29.9. The molecule has 0 aliphatic rings. The van der Waals surface area contributed by atoms with Gasteiger partial charge in [-0.1, -0.05) is 19.4 Å². The van der Waals surface area contributed by atoms with Crippen molar-refractivity contribution in [3.05, 3.63) is 65.9 Å². The van der Waals surface area contributed by atoms with E-state index < -0.39 is 16.0 Å². The fourth-order valence-electron chi connectivity index (χ4n) is 4.96. The maximum absolute atomic E-state index is 13.7. The Kier molecular flexibility index (Phi) is 8.64. The van der Waals surface area contributed by atoms with Gasteiger partial charge in [0.2, 0.25) is 10.0 Å². The number of hydrogen-bond donors (Lipinski definition) is 1. The number of methoxy groups -OCH3 is 2. The normalized spacial score (nSPS) is 11.6. The molecule has 2 aromatic heterocycles. The summed E-state index contributed by atoms with van der Waals surface area (Å²) in [6.45, 7) is 4.14. The van der Waals surface area contributed by atoms with Gasteiger partial charge in [0, 0.05) is 27.7 Å². The third kappa shape index (κ3) is 5.90. The summed E-state index contributed by atoms with van der Waals surface area (Å²) < 4.78 is 55.5. The van der Waals surface area contributed by atoms with Crippen LogP contribution in [0.15, 0.2) is 54.6 Å². The van der Waals surface area contributed by atoms with E-state index in [4.69, 9.17) is 14.2 Å². The van der Waals surface area contributed by atoms with E-state index in [2.05, 4.69) is 13.5 Å². The second kappa shape index (κ2) is 12.4. The number of nitrogens with zero attached hydrogens (tertiary/aromatic N) is 3. The molecule has 3 aromatic carbocycles. The fourth-order valence-corrected chi connectivity index (χ4v) is 6.74. The molecule has 12 heteroatoms. The third-order valence-electron chi connectivity index (χ3n) is 6.93. The van der Waals surface area contributed by atoms with Crippen LogP contribution in [0.2, 0.25) is 0 Å². The number of sulfonamides is 1. The van der Waals surface area contributed by atoms with Gasteiger partial charge in [0.05, 0.1) is 44.9 Å². The number of benzene rings is 3. The van der Waals surface area contributed by atoms with Gasteiger partial charge in [-0.25, -0.2) is 13.2 Å². The molecule has 0 saturated heterocycles. The van der Waals surface area contributed by atoms with Crippen molar-refractivity contribution in [2.24, 2.45) is 0 Å². The Labute approximate surface area is 248 Å². The third-order valence-corrected chi connectivity index (χ3v) is 8.86. The number of nitrogens with one attached hydrogen (secondary N) is 1. The van der Waals surface area contributed by atoms with E-state index in [1.807, 2.05) is 54.0 Å². The standard InChI is InChI=1S/C30H32N4O6S2/c1-5-7-14-42(36,37)33-21-9-12-26-23(17-21)28(19-8-11-24-25(16-19)32-41-31-24)29(30(35)40-6-2)34(26)18-20-15-22(38-3)10-13-27(20)39-4/h8-13,15-17,33H,5-7,14,18H2,1-4H3. The minimum Gasteiger partial charge on any atom is -0.497 e. The predicted molar refractivity (Wildman–Crippen MR) is 165 cm³/mol. The summed E-state index contributed by atoms with van der Waals surface area (Å²) in [4.78, 5) is 13.7. The average molecular weight is 609 g/mol. The zero-order valence-electron chi connectivity index (χ0n) is 23.8. The summed E-state index contributed by atoms with van der Waals surface area (Å²) in [6, 6.07) is 16.4. The number of carbonyl (C=O) groups excluding carboxylic acids is 1. The van der Waals surface area contributed by atoms with Crippen LogP contribution in [0.1, 0.15) is 42.7 Å². The van der Waals surface area contributed by atoms with Crippen molar-refractivity contribution in [3.63, 3.8) is 0 Å². The highest BCUT2D eigenvalue weighted by Crippen LogP contribution is 2.39. The zero-order valence-corrected chi connectivity index (χ0v) is 25.5. The minimum atomic E-state index is -3.55. The molecule has 10 nitrogen and oxygen atoms in total. The number of carbonyl (C=O) groups is 1. The summed E-state index contributed by atoms with van der Waals surface area (Å²) in [5, 5.41) is 0.679. The second-order valence-corrected chi connectivity index (χ2v) is 12.1. The van der Waals surface area contributed by atoms with Gasteiger partial charge < -0.3 is 18.8 Å². The smallest absolute Gasteiger partial charge is 0.355 e. The van der Waals surface area contributed by atoms with E-state index in [1.54, 1.807) is 33.3 Å². The maximum atomic E-state index is 13.7. The summed E-state index contributed by atoms with van der Waals surface area (Å²) >= 11 is 1.11. The number of anilines is 1. The van der Waals surface area contributed by atoms with Crippen LogP contribution in [0.25, 0.3) is 33.1 Å². The quantitative estimate of drug-likeness (QED) is 0.169. The Hall–Kier alpha value is -4.16. The molecule has 0 spiro atoms. The lowest BCUT2D eigenvalue weighted by Crippen LogP contribution is -2.16. The van der Waals surface area contributed by atoms with Crippen molar-refractivity contribution >= 4 is 55.3 Å². The number of fused-ring (bicyclic) bond motifs is 2. The van der Waals surface area contributed by atoms with Crippen LogP contribution < -0.4 is 14.2 Å². The number of aromatic nitrogens is 3. The predicted octanol–water partition coefficient (Wildman–Crippen LogP) is 6.10. The number of rotatable bonds is 12. The molecule has 220 valence electrons. The first-order valence-corrected chi connectivity index (χ1v) is 15.9. The summed E-state index contributed by atoms with van der Waals surface area (Å²) in [5.41, 5.74) is 5.00. The molecule has 0 saturated carbocycles. The van der Waals surface area contributed by atoms with E-state index in [9.17, 15) is 13.2 Å². The lowest BCUT2D eigenvalue weighted by Gasteiger charge is -2.15. The van der Waals surface area contributed by atoms with Crippen molar-refractivity contribution < 1.29 is 27.4 Å². The molecule has 5 rings (SSSR count). The molecule has 0 aliphatic heterocycles. The van der Waals surface area contributed by atoms with E-state index in [-0.39, 0.29) is 18.9 Å². The number of ether oxygens (including phenoxy) is 3. The summed E-state index contributed by atoms with van der Waals surface area (Å²) in [5.74, 6) is 0.786. The molecular formula is C30H32N4O6S2. The van der Waals surface area contributed by atoms with Crippen LogP contribution in [-0.4, -0.2) is 54.3 Å². The van der Waals surface area contributed by atoms with Crippen molar-refractivity contribution in [3.8, 4) is 22.6 Å². The highest BCUT2D eigenvalue weighted by atomic mass is 32.2. The molecular weight excluding hydrogens is 576 g/mol. The monoisotopic (exact) mass is 608 g/mol. The Morgan fingerprint density at radius 3 is 2.52 bits per heavy atom. The van der Waals surface area contributed by atoms with Gasteiger partial charge in [-0.15, -0.1) is 0 Å². The Bertz CT molecular complexity index is 1860. The van der Waals surface area contributed by atoms with E-state index in [1.165, 1.54) is 0 Å². The van der Waals surface area contributed by atoms with Gasteiger partial charge >= 0.3 is 5.97 Å². The van der Waals surface area contributed by atoms with Crippen molar-refractivity contribution in [2.75, 3.05) is 31.3 Å². The van der Waals surface area contributed by atoms with E-state index in [0.717, 1.165) is 34.8 Å². The van der Waals surface area contributed by atoms with E-state index >= 15 is 0 Å². The Morgan fingerprint density at radius 2 is 1.79 bits per heavy atom. The highest BCUT2D eigenvalue weighted by Gasteiger charge is 2.27. The Morgan fingerprint density at radius 1 is 0.976 bits per heavy atom. The first-order chi connectivity index (χ1) is 20.3. The molecule has 1 N–H and O–H groups in total. The molecule has 42 heavy (non-hydrogen) atoms. The maximum Gasteiger partial charge on any atom is 0.355 e. The van der Waals surface area contributed by atoms with E-state index in [0.29, 0.717) is 51.3 Å². The molecule has 5 aromatic rings. The van der Waals surface area contributed by atoms with Crippen LogP contribution in [0.4, 0.5) is 5.69 Å². The molecule has 0 aliphatic carbocycles. The molecule has 0 amide bonds. The Balaban J connectivity index is 1.78. The second-order valence-electron chi connectivity index (χ2n) is 9.68. The molecule has 0 atom stereocenters. The SMILES string of the molecule is CCCCS(=O)(=O)Nc1ccc2c(c1)c(-c1ccc3nsnc3c1)c(C(=O)OCC)n2Cc1cc(OC)ccc1OC. The molecule has 2 heterocycles. The first-order valence-electron chi connectivity index (χ1n) is 13.6. The van der Waals surface area contributed by atoms with Gasteiger partial charge in [-0.3, -0.25) is 4.72 Å². The fraction of sp³-hybridized carbons (Fsp3) is 0.300. The van der Waals surface area contributed by atoms with Gasteiger partial charge in [0.25, 0.3) is 0 Å². The van der Waals surface area contributed by atoms with Crippen LogP contribution in [0.3, 0.4) is 0 Å². The lowest BCUT2D eigenvalue weighted by atomic mass is 10.0. The summed E-state index contributed by atoms with van der Waals surface area (Å²) in [7, 11) is -0.377. The number of esters is 1. The average Bonchev–Trinajstić information content (AvgIpc) is 3.58. The number of hydrogen-bond acceptors (Lipinski definition) is 9. The van der Waals surface area contributed by atoms with Crippen LogP contribution in [-0.2, 0) is 21.3 Å². The van der Waals surface area contributed by atoms with Gasteiger partial charge in [0.1, 0.15) is 28.2 Å². The van der Waals surface area contributed by atoms with Gasteiger partial charge in [0.15, 0.2) is 0 Å². The highest BCUT2D eigenvalue weighted by molar-refractivity contribution is 7.92. The largest absolute Gasteiger partial charge is 0.497 e. The molecule has 0 unspecified atom stereocenters. The van der Waals surface area contributed by atoms with Crippen molar-refractivity contribution in [1.82, 2.24) is 13.3 Å². The van der Waals surface area contributed by atoms with Crippen LogP contribution in [0.5, 0.6) is 11.5 Å². The van der Waals surface area contributed by atoms with Gasteiger partial charge in [-0.05, 0) is 67.4 Å². The number of unbranched alkanes of at least 4 members (excludes halogenated alkanes) is 1. The lowest BCUT2D eigenvalue weighted by molar-refractivity contribution is 0.0516. The minimum absolute atomic E-state index is 0.0204.